The summed E-state index contributed by atoms with van der Waals surface area (Å²) in [5.74, 6) is 0. The number of hydrogen-bond acceptors (Lipinski definition) is 3. The predicted octanol–water partition coefficient (Wildman–Crippen LogP) is 4.08. The summed E-state index contributed by atoms with van der Waals surface area (Å²) in [6.07, 6.45) is 2.42. The summed E-state index contributed by atoms with van der Waals surface area (Å²) >= 11 is 5.85. The zero-order valence-electron chi connectivity index (χ0n) is 12.1. The third-order valence-electron chi connectivity index (χ3n) is 3.49. The Labute approximate surface area is 116 Å². The first kappa shape index (κ1) is 15.6. The quantitative estimate of drug-likeness (QED) is 0.618. The number of nitrogens with zero attached hydrogens (tertiary/aromatic N) is 2. The molecule has 0 fully saturated rings. The average Bonchev–Trinajstić information content (AvgIpc) is 2.14. The van der Waals surface area contributed by atoms with Crippen molar-refractivity contribution < 1.29 is 4.43 Å². The van der Waals surface area contributed by atoms with Crippen molar-refractivity contribution in [2.45, 2.75) is 58.4 Å². The van der Waals surface area contributed by atoms with E-state index >= 15 is 0 Å². The molecule has 18 heavy (non-hydrogen) atoms. The third-order valence-corrected chi connectivity index (χ3v) is 8.30. The van der Waals surface area contributed by atoms with Crippen LogP contribution in [-0.2, 0) is 10.8 Å². The summed E-state index contributed by atoms with van der Waals surface area (Å²) in [5, 5.41) is 0.712. The summed E-state index contributed by atoms with van der Waals surface area (Å²) in [4.78, 5) is 8.09. The van der Waals surface area contributed by atoms with E-state index in [-0.39, 0.29) is 11.1 Å². The average molecular weight is 287 g/mol. The van der Waals surface area contributed by atoms with Gasteiger partial charge in [-0.15, -0.1) is 0 Å². The molecule has 1 aromatic heterocycles. The number of halogens is 1. The van der Waals surface area contributed by atoms with Crippen molar-refractivity contribution in [2.75, 3.05) is 0 Å². The summed E-state index contributed by atoms with van der Waals surface area (Å²) in [7, 11) is -1.71. The molecule has 0 aromatic carbocycles. The first-order valence-corrected chi connectivity index (χ1v) is 9.55. The number of rotatable bonds is 4. The second kappa shape index (κ2) is 5.68. The monoisotopic (exact) mass is 286 g/mol. The van der Waals surface area contributed by atoms with Crippen molar-refractivity contribution in [1.82, 2.24) is 9.97 Å². The van der Waals surface area contributed by atoms with Crippen LogP contribution in [0, 0.1) is 0 Å². The maximum Gasteiger partial charge on any atom is 0.192 e. The first-order valence-electron chi connectivity index (χ1n) is 6.26. The summed E-state index contributed by atoms with van der Waals surface area (Å²) in [6, 6.07) is 1.80. The molecule has 0 radical (unpaired) electrons. The summed E-state index contributed by atoms with van der Waals surface area (Å²) in [6.45, 7) is 13.3. The molecule has 0 spiro atoms. The second-order valence-electron chi connectivity index (χ2n) is 6.22. The van der Waals surface area contributed by atoms with Crippen LogP contribution in [0.5, 0.6) is 0 Å². The number of aromatic nitrogens is 2. The van der Waals surface area contributed by atoms with Gasteiger partial charge < -0.3 is 4.43 Å². The Balaban J connectivity index is 2.65. The van der Waals surface area contributed by atoms with Crippen molar-refractivity contribution in [3.63, 3.8) is 0 Å². The fraction of sp³-hybridized carbons (Fsp3) is 0.692. The lowest BCUT2D eigenvalue weighted by atomic mass is 10.2. The smallest absolute Gasteiger partial charge is 0.192 e. The van der Waals surface area contributed by atoms with Gasteiger partial charge in [-0.05, 0) is 31.1 Å². The normalized spacial score (nSPS) is 14.6. The van der Waals surface area contributed by atoms with Crippen molar-refractivity contribution in [3.8, 4) is 0 Å². The summed E-state index contributed by atoms with van der Waals surface area (Å²) < 4.78 is 6.28. The van der Waals surface area contributed by atoms with Crippen LogP contribution in [0.15, 0.2) is 12.4 Å². The molecule has 0 aliphatic carbocycles. The molecule has 0 unspecified atom stereocenters. The SMILES string of the molecule is C[C@@H](Cc1cc(Cl)ncn1)O[Si](C)(C)C(C)(C)C. The standard InChI is InChI=1S/C13H23ClN2OSi/c1-10(17-18(5,6)13(2,3)4)7-11-8-12(14)16-9-15-11/h8-10H,7H2,1-6H3/t10-/m0/s1. The largest absolute Gasteiger partial charge is 0.414 e. The molecule has 1 atom stereocenters. The summed E-state index contributed by atoms with van der Waals surface area (Å²) in [5.41, 5.74) is 0.932. The van der Waals surface area contributed by atoms with E-state index in [0.717, 1.165) is 12.1 Å². The molecule has 0 saturated heterocycles. The van der Waals surface area contributed by atoms with Gasteiger partial charge in [-0.2, -0.15) is 0 Å². The van der Waals surface area contributed by atoms with Crippen LogP contribution in [0.4, 0.5) is 0 Å². The van der Waals surface area contributed by atoms with Crippen molar-refractivity contribution in [1.29, 1.82) is 0 Å². The Morgan fingerprint density at radius 1 is 1.33 bits per heavy atom. The molecule has 0 bridgehead atoms. The Bertz CT molecular complexity index is 404. The van der Waals surface area contributed by atoms with E-state index in [9.17, 15) is 0 Å². The molecule has 1 rings (SSSR count). The highest BCUT2D eigenvalue weighted by Gasteiger charge is 2.38. The van der Waals surface area contributed by atoms with Gasteiger partial charge in [-0.1, -0.05) is 32.4 Å². The van der Waals surface area contributed by atoms with Crippen molar-refractivity contribution >= 4 is 19.9 Å². The van der Waals surface area contributed by atoms with Gasteiger partial charge in [0.2, 0.25) is 0 Å². The zero-order valence-corrected chi connectivity index (χ0v) is 13.9. The van der Waals surface area contributed by atoms with E-state index in [1.165, 1.54) is 6.33 Å². The molecule has 0 aliphatic rings. The van der Waals surface area contributed by atoms with E-state index in [1.54, 1.807) is 6.07 Å². The molecule has 1 aromatic rings. The van der Waals surface area contributed by atoms with Gasteiger partial charge in [0, 0.05) is 18.2 Å². The highest BCUT2D eigenvalue weighted by Crippen LogP contribution is 2.37. The van der Waals surface area contributed by atoms with E-state index < -0.39 is 8.32 Å². The maximum atomic E-state index is 6.28. The minimum absolute atomic E-state index is 0.150. The zero-order chi connectivity index (χ0) is 14.0. The Kier molecular flexibility index (Phi) is 4.92. The van der Waals surface area contributed by atoms with Crippen molar-refractivity contribution in [2.24, 2.45) is 0 Å². The Morgan fingerprint density at radius 3 is 2.44 bits per heavy atom. The molecule has 102 valence electrons. The van der Waals surface area contributed by atoms with Gasteiger partial charge in [0.15, 0.2) is 8.32 Å². The maximum absolute atomic E-state index is 6.28. The Hall–Kier alpha value is -0.453. The lowest BCUT2D eigenvalue weighted by Crippen LogP contribution is -2.43. The van der Waals surface area contributed by atoms with Crippen LogP contribution in [0.1, 0.15) is 33.4 Å². The minimum Gasteiger partial charge on any atom is -0.414 e. The Morgan fingerprint density at radius 2 is 1.94 bits per heavy atom. The van der Waals surface area contributed by atoms with Crippen LogP contribution >= 0.6 is 11.6 Å². The molecule has 0 saturated carbocycles. The van der Waals surface area contributed by atoms with E-state index in [0.29, 0.717) is 5.15 Å². The first-order chi connectivity index (χ1) is 8.12. The third kappa shape index (κ3) is 4.34. The second-order valence-corrected chi connectivity index (χ2v) is 11.4. The molecular weight excluding hydrogens is 264 g/mol. The molecule has 3 nitrogen and oxygen atoms in total. The van der Waals surface area contributed by atoms with Gasteiger partial charge in [0.25, 0.3) is 0 Å². The predicted molar refractivity (Wildman–Crippen MR) is 78.5 cm³/mol. The minimum atomic E-state index is -1.71. The van der Waals surface area contributed by atoms with Gasteiger partial charge in [-0.3, -0.25) is 0 Å². The fourth-order valence-corrected chi connectivity index (χ4v) is 3.11. The highest BCUT2D eigenvalue weighted by atomic mass is 35.5. The molecular formula is C13H23ClN2OSi. The molecule has 5 heteroatoms. The number of hydrogen-bond donors (Lipinski definition) is 0. The molecule has 0 amide bonds. The van der Waals surface area contributed by atoms with E-state index in [2.05, 4.69) is 50.8 Å². The molecule has 1 heterocycles. The van der Waals surface area contributed by atoms with Crippen LogP contribution in [0.2, 0.25) is 23.3 Å². The van der Waals surface area contributed by atoms with Crippen LogP contribution in [-0.4, -0.2) is 24.4 Å². The van der Waals surface area contributed by atoms with Gasteiger partial charge >= 0.3 is 0 Å². The van der Waals surface area contributed by atoms with Gasteiger partial charge in [-0.25, -0.2) is 9.97 Å². The van der Waals surface area contributed by atoms with Gasteiger partial charge in [0.1, 0.15) is 11.5 Å². The van der Waals surface area contributed by atoms with Crippen LogP contribution < -0.4 is 0 Å². The van der Waals surface area contributed by atoms with Gasteiger partial charge in [0.05, 0.1) is 0 Å². The van der Waals surface area contributed by atoms with E-state index in [4.69, 9.17) is 16.0 Å². The fourth-order valence-electron chi connectivity index (χ4n) is 1.50. The van der Waals surface area contributed by atoms with Crippen molar-refractivity contribution in [3.05, 3.63) is 23.2 Å². The molecule has 0 N–H and O–H groups in total. The van der Waals surface area contributed by atoms with E-state index in [1.807, 2.05) is 0 Å². The lowest BCUT2D eigenvalue weighted by molar-refractivity contribution is 0.198. The molecule has 0 aliphatic heterocycles. The lowest BCUT2D eigenvalue weighted by Gasteiger charge is -2.38. The topological polar surface area (TPSA) is 35.0 Å². The van der Waals surface area contributed by atoms with Crippen LogP contribution in [0.25, 0.3) is 0 Å². The highest BCUT2D eigenvalue weighted by molar-refractivity contribution is 6.74. The van der Waals surface area contributed by atoms with Crippen LogP contribution in [0.3, 0.4) is 0 Å².